The Kier molecular flexibility index (Phi) is 3.06. The molecule has 0 bridgehead atoms. The van der Waals surface area contributed by atoms with Crippen molar-refractivity contribution in [3.05, 3.63) is 40.9 Å². The van der Waals surface area contributed by atoms with Gasteiger partial charge in [-0.2, -0.15) is 0 Å². The van der Waals surface area contributed by atoms with Gasteiger partial charge in [0.1, 0.15) is 11.5 Å². The van der Waals surface area contributed by atoms with Crippen molar-refractivity contribution in [3.8, 4) is 5.69 Å². The van der Waals surface area contributed by atoms with E-state index in [-0.39, 0.29) is 17.8 Å². The van der Waals surface area contributed by atoms with Gasteiger partial charge < -0.3 is 5.11 Å². The van der Waals surface area contributed by atoms with Crippen molar-refractivity contribution in [2.45, 2.75) is 6.42 Å². The number of hydrogen-bond acceptors (Lipinski definition) is 3. The van der Waals surface area contributed by atoms with Gasteiger partial charge in [0.25, 0.3) is 0 Å². The number of aromatic nitrogens is 3. The van der Waals surface area contributed by atoms with Gasteiger partial charge in [-0.25, -0.2) is 9.07 Å². The molecule has 5 nitrogen and oxygen atoms in total. The van der Waals surface area contributed by atoms with Gasteiger partial charge in [-0.1, -0.05) is 16.8 Å². The number of carbonyl (C=O) groups is 1. The molecule has 0 radical (unpaired) electrons. The van der Waals surface area contributed by atoms with Gasteiger partial charge in [-0.3, -0.25) is 4.79 Å². The minimum atomic E-state index is -1.05. The molecule has 1 aromatic heterocycles. The number of carboxylic acid groups (broad SMARTS) is 1. The second kappa shape index (κ2) is 4.50. The first kappa shape index (κ1) is 11.5. The average Bonchev–Trinajstić information content (AvgIpc) is 2.69. The van der Waals surface area contributed by atoms with Crippen molar-refractivity contribution in [1.29, 1.82) is 0 Å². The van der Waals surface area contributed by atoms with Gasteiger partial charge >= 0.3 is 5.97 Å². The first-order valence-electron chi connectivity index (χ1n) is 4.64. The normalized spacial score (nSPS) is 10.5. The molecule has 0 saturated carbocycles. The predicted octanol–water partition coefficient (Wildman–Crippen LogP) is 1.69. The van der Waals surface area contributed by atoms with Gasteiger partial charge in [0.05, 0.1) is 18.3 Å². The molecule has 2 rings (SSSR count). The Bertz CT molecular complexity index is 570. The monoisotopic (exact) mass is 255 g/mol. The molecule has 7 heteroatoms. The Morgan fingerprint density at radius 3 is 3.00 bits per heavy atom. The summed E-state index contributed by atoms with van der Waals surface area (Å²) < 4.78 is 14.7. The third-order valence-corrected chi connectivity index (χ3v) is 2.32. The van der Waals surface area contributed by atoms with Crippen LogP contribution < -0.4 is 0 Å². The summed E-state index contributed by atoms with van der Waals surface area (Å²) >= 11 is 5.75. The molecule has 0 amide bonds. The molecule has 1 heterocycles. The van der Waals surface area contributed by atoms with Crippen LogP contribution in [0, 0.1) is 5.82 Å². The van der Waals surface area contributed by atoms with Crippen molar-refractivity contribution < 1.29 is 14.3 Å². The summed E-state index contributed by atoms with van der Waals surface area (Å²) in [6, 6.07) is 3.94. The van der Waals surface area contributed by atoms with Gasteiger partial charge in [-0.05, 0) is 18.2 Å². The summed E-state index contributed by atoms with van der Waals surface area (Å²) in [5, 5.41) is 16.2. The standard InChI is InChI=1S/C10H7ClFN3O2/c11-6-1-2-8(12)9(3-6)15-7(4-10(16)17)5-13-14-15/h1-3,5H,4H2,(H,16,17). The molecule has 88 valence electrons. The topological polar surface area (TPSA) is 68.0 Å². The van der Waals surface area contributed by atoms with E-state index in [2.05, 4.69) is 10.3 Å². The number of halogens is 2. The molecule has 2 aromatic rings. The molecular formula is C10H7ClFN3O2. The maximum atomic E-state index is 13.6. The number of hydrogen-bond donors (Lipinski definition) is 1. The lowest BCUT2D eigenvalue weighted by atomic mass is 10.2. The van der Waals surface area contributed by atoms with Crippen LogP contribution in [0.25, 0.3) is 5.69 Å². The molecule has 0 aliphatic heterocycles. The number of aliphatic carboxylic acids is 1. The van der Waals surface area contributed by atoms with Gasteiger partial charge in [0.2, 0.25) is 0 Å². The summed E-state index contributed by atoms with van der Waals surface area (Å²) in [6.07, 6.45) is 0.980. The minimum absolute atomic E-state index is 0.0752. The number of carboxylic acids is 1. The Labute approximate surface area is 100 Å². The first-order valence-corrected chi connectivity index (χ1v) is 5.02. The molecule has 0 fully saturated rings. The van der Waals surface area contributed by atoms with Gasteiger partial charge in [0, 0.05) is 5.02 Å². The fraction of sp³-hybridized carbons (Fsp3) is 0.100. The number of rotatable bonds is 3. The van der Waals surface area contributed by atoms with Crippen LogP contribution >= 0.6 is 11.6 Å². The molecule has 0 unspecified atom stereocenters. The summed E-state index contributed by atoms with van der Waals surface area (Å²) in [4.78, 5) is 10.6. The lowest BCUT2D eigenvalue weighted by Crippen LogP contribution is -2.09. The Morgan fingerprint density at radius 1 is 1.53 bits per heavy atom. The molecule has 0 aliphatic rings. The highest BCUT2D eigenvalue weighted by molar-refractivity contribution is 6.30. The number of nitrogens with zero attached hydrogens (tertiary/aromatic N) is 3. The van der Waals surface area contributed by atoms with E-state index in [1.807, 2.05) is 0 Å². The predicted molar refractivity (Wildman–Crippen MR) is 57.7 cm³/mol. The highest BCUT2D eigenvalue weighted by Gasteiger charge is 2.13. The van der Waals surface area contributed by atoms with E-state index in [4.69, 9.17) is 16.7 Å². The Balaban J connectivity index is 2.49. The molecule has 17 heavy (non-hydrogen) atoms. The molecular weight excluding hydrogens is 249 g/mol. The van der Waals surface area contributed by atoms with Crippen LogP contribution in [-0.2, 0) is 11.2 Å². The van der Waals surface area contributed by atoms with Crippen LogP contribution in [0.5, 0.6) is 0 Å². The van der Waals surface area contributed by atoms with Crippen molar-refractivity contribution in [3.63, 3.8) is 0 Å². The SMILES string of the molecule is O=C(O)Cc1cnnn1-c1cc(Cl)ccc1F. The van der Waals surface area contributed by atoms with Crippen molar-refractivity contribution in [2.75, 3.05) is 0 Å². The van der Waals surface area contributed by atoms with Crippen LogP contribution in [-0.4, -0.2) is 26.1 Å². The quantitative estimate of drug-likeness (QED) is 0.906. The van der Waals surface area contributed by atoms with Crippen LogP contribution in [0.15, 0.2) is 24.4 Å². The van der Waals surface area contributed by atoms with Gasteiger partial charge in [0.15, 0.2) is 0 Å². The zero-order valence-corrected chi connectivity index (χ0v) is 9.23. The van der Waals surface area contributed by atoms with Crippen LogP contribution in [0.2, 0.25) is 5.02 Å². The fourth-order valence-corrected chi connectivity index (χ4v) is 1.55. The molecule has 0 saturated heterocycles. The highest BCUT2D eigenvalue weighted by Crippen LogP contribution is 2.19. The maximum Gasteiger partial charge on any atom is 0.309 e. The third-order valence-electron chi connectivity index (χ3n) is 2.09. The van der Waals surface area contributed by atoms with Crippen LogP contribution in [0.1, 0.15) is 5.69 Å². The van der Waals surface area contributed by atoms with Gasteiger partial charge in [-0.15, -0.1) is 5.10 Å². The molecule has 1 N–H and O–H groups in total. The largest absolute Gasteiger partial charge is 0.481 e. The molecule has 0 spiro atoms. The van der Waals surface area contributed by atoms with E-state index >= 15 is 0 Å². The average molecular weight is 256 g/mol. The minimum Gasteiger partial charge on any atom is -0.481 e. The van der Waals surface area contributed by atoms with E-state index in [9.17, 15) is 9.18 Å². The Morgan fingerprint density at radius 2 is 2.29 bits per heavy atom. The van der Waals surface area contributed by atoms with Crippen molar-refractivity contribution >= 4 is 17.6 Å². The van der Waals surface area contributed by atoms with Crippen LogP contribution in [0.4, 0.5) is 4.39 Å². The third kappa shape index (κ3) is 2.42. The number of benzene rings is 1. The van der Waals surface area contributed by atoms with Crippen molar-refractivity contribution in [1.82, 2.24) is 15.0 Å². The Hall–Kier alpha value is -1.95. The van der Waals surface area contributed by atoms with E-state index in [0.29, 0.717) is 5.02 Å². The van der Waals surface area contributed by atoms with E-state index in [1.54, 1.807) is 0 Å². The molecule has 0 aliphatic carbocycles. The zero-order valence-electron chi connectivity index (χ0n) is 8.47. The summed E-state index contributed by atoms with van der Waals surface area (Å²) in [5.41, 5.74) is 0.352. The lowest BCUT2D eigenvalue weighted by molar-refractivity contribution is -0.136. The lowest BCUT2D eigenvalue weighted by Gasteiger charge is -2.06. The molecule has 0 atom stereocenters. The summed E-state index contributed by atoms with van der Waals surface area (Å²) in [5.74, 6) is -1.59. The van der Waals surface area contributed by atoms with E-state index < -0.39 is 11.8 Å². The highest BCUT2D eigenvalue weighted by atomic mass is 35.5. The maximum absolute atomic E-state index is 13.6. The smallest absolute Gasteiger partial charge is 0.309 e. The summed E-state index contributed by atoms with van der Waals surface area (Å²) in [7, 11) is 0. The summed E-state index contributed by atoms with van der Waals surface area (Å²) in [6.45, 7) is 0. The molecule has 1 aromatic carbocycles. The second-order valence-electron chi connectivity index (χ2n) is 3.30. The zero-order chi connectivity index (χ0) is 12.4. The van der Waals surface area contributed by atoms with Crippen molar-refractivity contribution in [2.24, 2.45) is 0 Å². The van der Waals surface area contributed by atoms with E-state index in [1.165, 1.54) is 24.4 Å². The second-order valence-corrected chi connectivity index (χ2v) is 3.74. The van der Waals surface area contributed by atoms with Crippen LogP contribution in [0.3, 0.4) is 0 Å². The fourth-order valence-electron chi connectivity index (χ4n) is 1.38. The van der Waals surface area contributed by atoms with E-state index in [0.717, 1.165) is 4.68 Å². The first-order chi connectivity index (χ1) is 8.08.